The average Bonchev–Trinajstić information content (AvgIpc) is 2.41. The van der Waals surface area contributed by atoms with Crippen LogP contribution in [0.3, 0.4) is 0 Å². The van der Waals surface area contributed by atoms with E-state index in [0.29, 0.717) is 17.4 Å². The van der Waals surface area contributed by atoms with Crippen LogP contribution >= 0.6 is 11.8 Å². The molecule has 2 aromatic carbocycles. The molecule has 0 atom stereocenters. The predicted molar refractivity (Wildman–Crippen MR) is 72.7 cm³/mol. The van der Waals surface area contributed by atoms with Gasteiger partial charge in [-0.2, -0.15) is 8.78 Å². The Kier molecular flexibility index (Phi) is 4.68. The number of hydrogen-bond donors (Lipinski definition) is 1. The molecule has 1 amide bonds. The van der Waals surface area contributed by atoms with Crippen LogP contribution in [0.2, 0.25) is 0 Å². The molecule has 0 fully saturated rings. The van der Waals surface area contributed by atoms with Gasteiger partial charge in [0, 0.05) is 10.6 Å². The lowest BCUT2D eigenvalue weighted by atomic mass is 10.2. The van der Waals surface area contributed by atoms with Crippen molar-refractivity contribution >= 4 is 23.4 Å². The highest BCUT2D eigenvalue weighted by atomic mass is 32.2. The van der Waals surface area contributed by atoms with Crippen molar-refractivity contribution in [2.75, 3.05) is 5.32 Å². The smallest absolute Gasteiger partial charge is 0.288 e. The quantitative estimate of drug-likeness (QED) is 0.848. The van der Waals surface area contributed by atoms with Gasteiger partial charge >= 0.3 is 0 Å². The van der Waals surface area contributed by atoms with Gasteiger partial charge in [-0.1, -0.05) is 23.9 Å². The summed E-state index contributed by atoms with van der Waals surface area (Å²) in [6, 6.07) is 11.3. The number of carbonyl (C=O) groups is 1. The highest BCUT2D eigenvalue weighted by Crippen LogP contribution is 2.28. The van der Waals surface area contributed by atoms with Crippen LogP contribution in [0.5, 0.6) is 0 Å². The van der Waals surface area contributed by atoms with E-state index >= 15 is 0 Å². The van der Waals surface area contributed by atoms with Gasteiger partial charge in [0.1, 0.15) is 5.82 Å². The summed E-state index contributed by atoms with van der Waals surface area (Å²) in [5, 5.41) is 2.54. The molecule has 0 aliphatic heterocycles. The summed E-state index contributed by atoms with van der Waals surface area (Å²) in [5.74, 6) is -3.54. The van der Waals surface area contributed by atoms with Crippen LogP contribution in [-0.2, 0) is 0 Å². The Morgan fingerprint density at radius 1 is 1.05 bits per heavy atom. The molecule has 2 aromatic rings. The lowest BCUT2D eigenvalue weighted by molar-refractivity contribution is 0.102. The third-order valence-electron chi connectivity index (χ3n) is 2.45. The molecular weight excluding hydrogens is 287 g/mol. The van der Waals surface area contributed by atoms with Crippen LogP contribution in [0.25, 0.3) is 0 Å². The predicted octanol–water partition coefficient (Wildman–Crippen LogP) is 4.39. The van der Waals surface area contributed by atoms with Gasteiger partial charge in [0.2, 0.25) is 0 Å². The van der Waals surface area contributed by atoms with Crippen LogP contribution in [0.15, 0.2) is 53.4 Å². The maximum Gasteiger partial charge on any atom is 0.288 e. The molecule has 20 heavy (non-hydrogen) atoms. The van der Waals surface area contributed by atoms with E-state index in [2.05, 4.69) is 5.32 Å². The fraction of sp³-hybridized carbons (Fsp3) is 0.0714. The van der Waals surface area contributed by atoms with E-state index in [4.69, 9.17) is 0 Å². The second kappa shape index (κ2) is 6.47. The monoisotopic (exact) mass is 297 g/mol. The summed E-state index contributed by atoms with van der Waals surface area (Å²) in [6.45, 7) is 0. The molecular formula is C14H10F3NOS. The minimum atomic E-state index is -2.60. The number of rotatable bonds is 4. The standard InChI is InChI=1S/C14H10F3NOS/c15-9-5-7-10(8-6-9)18-13(19)11-3-1-2-4-12(11)20-14(16)17/h1-8,14H,(H,18,19). The summed E-state index contributed by atoms with van der Waals surface area (Å²) in [5.41, 5.74) is 0.551. The number of hydrogen-bond acceptors (Lipinski definition) is 2. The van der Waals surface area contributed by atoms with E-state index in [0.717, 1.165) is 0 Å². The van der Waals surface area contributed by atoms with Crippen LogP contribution < -0.4 is 5.32 Å². The minimum absolute atomic E-state index is 0.155. The number of carbonyl (C=O) groups excluding carboxylic acids is 1. The lowest BCUT2D eigenvalue weighted by Crippen LogP contribution is -2.13. The van der Waals surface area contributed by atoms with Crippen molar-refractivity contribution in [3.8, 4) is 0 Å². The van der Waals surface area contributed by atoms with Crippen LogP contribution in [0.1, 0.15) is 10.4 Å². The van der Waals surface area contributed by atoms with Crippen LogP contribution in [-0.4, -0.2) is 11.7 Å². The largest absolute Gasteiger partial charge is 0.322 e. The van der Waals surface area contributed by atoms with E-state index < -0.39 is 17.5 Å². The van der Waals surface area contributed by atoms with E-state index in [-0.39, 0.29) is 10.5 Å². The molecule has 0 aliphatic carbocycles. The molecule has 2 rings (SSSR count). The molecule has 6 heteroatoms. The first kappa shape index (κ1) is 14.5. The third-order valence-corrected chi connectivity index (χ3v) is 3.24. The Hall–Kier alpha value is -1.95. The minimum Gasteiger partial charge on any atom is -0.322 e. The maximum absolute atomic E-state index is 12.8. The Labute approximate surface area is 118 Å². The van der Waals surface area contributed by atoms with Crippen molar-refractivity contribution in [3.05, 3.63) is 59.9 Å². The lowest BCUT2D eigenvalue weighted by Gasteiger charge is -2.09. The Morgan fingerprint density at radius 2 is 1.70 bits per heavy atom. The Morgan fingerprint density at radius 3 is 2.35 bits per heavy atom. The molecule has 0 bridgehead atoms. The Balaban J connectivity index is 2.18. The first-order valence-corrected chi connectivity index (χ1v) is 6.55. The van der Waals surface area contributed by atoms with Gasteiger partial charge in [0.25, 0.3) is 11.7 Å². The Bertz CT molecular complexity index is 602. The molecule has 0 heterocycles. The van der Waals surface area contributed by atoms with E-state index in [1.807, 2.05) is 0 Å². The number of nitrogens with one attached hydrogen (secondary N) is 1. The molecule has 0 saturated heterocycles. The molecule has 104 valence electrons. The molecule has 0 spiro atoms. The highest BCUT2D eigenvalue weighted by Gasteiger charge is 2.15. The zero-order valence-corrected chi connectivity index (χ0v) is 11.0. The van der Waals surface area contributed by atoms with Gasteiger partial charge in [-0.05, 0) is 36.4 Å². The van der Waals surface area contributed by atoms with Crippen molar-refractivity contribution in [3.63, 3.8) is 0 Å². The van der Waals surface area contributed by atoms with Crippen LogP contribution in [0.4, 0.5) is 18.9 Å². The number of alkyl halides is 2. The summed E-state index contributed by atoms with van der Waals surface area (Å²) in [4.78, 5) is 12.2. The molecule has 0 aromatic heterocycles. The normalized spacial score (nSPS) is 10.6. The van der Waals surface area contributed by atoms with Crippen molar-refractivity contribution < 1.29 is 18.0 Å². The van der Waals surface area contributed by atoms with Gasteiger partial charge in [0.05, 0.1) is 5.56 Å². The molecule has 0 saturated carbocycles. The number of anilines is 1. The van der Waals surface area contributed by atoms with Gasteiger partial charge in [-0.3, -0.25) is 4.79 Å². The topological polar surface area (TPSA) is 29.1 Å². The zero-order chi connectivity index (χ0) is 14.5. The summed E-state index contributed by atoms with van der Waals surface area (Å²) < 4.78 is 37.6. The summed E-state index contributed by atoms with van der Waals surface area (Å²) in [6.07, 6.45) is 0. The molecule has 2 nitrogen and oxygen atoms in total. The second-order valence-corrected chi connectivity index (χ2v) is 4.87. The van der Waals surface area contributed by atoms with E-state index in [1.54, 1.807) is 12.1 Å². The van der Waals surface area contributed by atoms with Gasteiger partial charge in [-0.15, -0.1) is 0 Å². The third kappa shape index (κ3) is 3.77. The van der Waals surface area contributed by atoms with Crippen molar-refractivity contribution in [2.45, 2.75) is 10.7 Å². The maximum atomic E-state index is 12.8. The number of thioether (sulfide) groups is 1. The van der Waals surface area contributed by atoms with Crippen LogP contribution in [0, 0.1) is 5.82 Å². The van der Waals surface area contributed by atoms with E-state index in [1.165, 1.54) is 36.4 Å². The van der Waals surface area contributed by atoms with Gasteiger partial charge in [-0.25, -0.2) is 4.39 Å². The van der Waals surface area contributed by atoms with Gasteiger partial charge < -0.3 is 5.32 Å². The van der Waals surface area contributed by atoms with Gasteiger partial charge in [0.15, 0.2) is 0 Å². The zero-order valence-electron chi connectivity index (χ0n) is 10.1. The number of amides is 1. The summed E-state index contributed by atoms with van der Waals surface area (Å²) >= 11 is 0.312. The summed E-state index contributed by atoms with van der Waals surface area (Å²) in [7, 11) is 0. The highest BCUT2D eigenvalue weighted by molar-refractivity contribution is 7.99. The van der Waals surface area contributed by atoms with Crippen molar-refractivity contribution in [2.24, 2.45) is 0 Å². The molecule has 0 radical (unpaired) electrons. The van der Waals surface area contributed by atoms with Crippen molar-refractivity contribution in [1.82, 2.24) is 0 Å². The van der Waals surface area contributed by atoms with Crippen molar-refractivity contribution in [1.29, 1.82) is 0 Å². The van der Waals surface area contributed by atoms with E-state index in [9.17, 15) is 18.0 Å². The molecule has 1 N–H and O–H groups in total. The number of halogens is 3. The molecule has 0 aliphatic rings. The average molecular weight is 297 g/mol. The first-order chi connectivity index (χ1) is 9.56. The molecule has 0 unspecified atom stereocenters. The first-order valence-electron chi connectivity index (χ1n) is 5.67. The fourth-order valence-electron chi connectivity index (χ4n) is 1.58. The number of benzene rings is 2. The second-order valence-electron chi connectivity index (χ2n) is 3.84. The fourth-order valence-corrected chi connectivity index (χ4v) is 2.22. The SMILES string of the molecule is O=C(Nc1ccc(F)cc1)c1ccccc1SC(F)F.